The predicted octanol–water partition coefficient (Wildman–Crippen LogP) is 2.33. The molecule has 2 rings (SSSR count). The van der Waals surface area contributed by atoms with Crippen molar-refractivity contribution in [1.29, 1.82) is 0 Å². The summed E-state index contributed by atoms with van der Waals surface area (Å²) in [6.45, 7) is 4.34. The molecule has 1 saturated heterocycles. The maximum absolute atomic E-state index is 12.7. The van der Waals surface area contributed by atoms with E-state index in [-0.39, 0.29) is 5.91 Å². The van der Waals surface area contributed by atoms with Gasteiger partial charge in [0.2, 0.25) is 0 Å². The van der Waals surface area contributed by atoms with E-state index in [2.05, 4.69) is 6.58 Å². The predicted molar refractivity (Wildman–Crippen MR) is 78.4 cm³/mol. The fourth-order valence-electron chi connectivity index (χ4n) is 2.50. The molecule has 21 heavy (non-hydrogen) atoms. The highest BCUT2D eigenvalue weighted by molar-refractivity contribution is 5.99. The lowest BCUT2D eigenvalue weighted by atomic mass is 10.0. The van der Waals surface area contributed by atoms with Crippen molar-refractivity contribution in [2.45, 2.75) is 25.3 Å². The van der Waals surface area contributed by atoms with E-state index >= 15 is 0 Å². The summed E-state index contributed by atoms with van der Waals surface area (Å²) in [4.78, 5) is 25.4. The first-order valence-corrected chi connectivity index (χ1v) is 7.01. The van der Waals surface area contributed by atoms with Crippen LogP contribution in [0.5, 0.6) is 5.75 Å². The van der Waals surface area contributed by atoms with Crippen LogP contribution in [0, 0.1) is 0 Å². The first-order valence-electron chi connectivity index (χ1n) is 7.01. The van der Waals surface area contributed by atoms with E-state index in [0.29, 0.717) is 30.9 Å². The summed E-state index contributed by atoms with van der Waals surface area (Å²) in [5.74, 6) is -0.786. The number of carboxylic acid groups (broad SMARTS) is 1. The molecule has 112 valence electrons. The van der Waals surface area contributed by atoms with Crippen LogP contribution in [0.4, 0.5) is 0 Å². The van der Waals surface area contributed by atoms with E-state index in [0.717, 1.165) is 12.8 Å². The molecule has 1 atom stereocenters. The molecular weight excluding hydrogens is 270 g/mol. The summed E-state index contributed by atoms with van der Waals surface area (Å²) < 4.78 is 5.48. The highest BCUT2D eigenvalue weighted by Gasteiger charge is 2.33. The highest BCUT2D eigenvalue weighted by Crippen LogP contribution is 2.25. The lowest BCUT2D eigenvalue weighted by molar-refractivity contribution is -0.143. The largest absolute Gasteiger partial charge is 0.489 e. The zero-order valence-corrected chi connectivity index (χ0v) is 11.8. The second-order valence-corrected chi connectivity index (χ2v) is 4.94. The van der Waals surface area contributed by atoms with E-state index < -0.39 is 12.0 Å². The molecule has 1 aromatic rings. The molecule has 0 aliphatic carbocycles. The summed E-state index contributed by atoms with van der Waals surface area (Å²) in [6, 6.07) is 6.14. The van der Waals surface area contributed by atoms with Crippen molar-refractivity contribution in [2.24, 2.45) is 0 Å². The Labute approximate surface area is 123 Å². The number of hydrogen-bond donors (Lipinski definition) is 1. The third-order valence-electron chi connectivity index (χ3n) is 3.52. The Morgan fingerprint density at radius 2 is 2.14 bits per heavy atom. The average Bonchev–Trinajstić information content (AvgIpc) is 2.52. The van der Waals surface area contributed by atoms with Gasteiger partial charge in [-0.1, -0.05) is 24.8 Å². The van der Waals surface area contributed by atoms with Gasteiger partial charge in [-0.25, -0.2) is 4.79 Å². The smallest absolute Gasteiger partial charge is 0.326 e. The van der Waals surface area contributed by atoms with Crippen LogP contribution in [0.25, 0.3) is 0 Å². The van der Waals surface area contributed by atoms with Gasteiger partial charge in [0.1, 0.15) is 18.4 Å². The molecule has 0 radical (unpaired) electrons. The number of ether oxygens (including phenoxy) is 1. The van der Waals surface area contributed by atoms with Gasteiger partial charge in [0.05, 0.1) is 5.56 Å². The molecule has 0 aromatic heterocycles. The fourth-order valence-corrected chi connectivity index (χ4v) is 2.50. The monoisotopic (exact) mass is 289 g/mol. The molecule has 1 fully saturated rings. The minimum atomic E-state index is -0.951. The number of rotatable bonds is 5. The number of hydrogen-bond acceptors (Lipinski definition) is 3. The number of likely N-dealkylation sites (tertiary alicyclic amines) is 1. The number of piperidine rings is 1. The second-order valence-electron chi connectivity index (χ2n) is 4.94. The Bertz CT molecular complexity index is 541. The van der Waals surface area contributed by atoms with Gasteiger partial charge in [0, 0.05) is 6.54 Å². The van der Waals surface area contributed by atoms with Gasteiger partial charge < -0.3 is 14.7 Å². The Hall–Kier alpha value is -2.30. The van der Waals surface area contributed by atoms with Gasteiger partial charge in [-0.05, 0) is 31.4 Å². The van der Waals surface area contributed by atoms with Crippen molar-refractivity contribution in [3.8, 4) is 5.75 Å². The number of carbonyl (C=O) groups excluding carboxylic acids is 1. The molecule has 5 nitrogen and oxygen atoms in total. The highest BCUT2D eigenvalue weighted by atomic mass is 16.5. The van der Waals surface area contributed by atoms with Gasteiger partial charge in [-0.2, -0.15) is 0 Å². The van der Waals surface area contributed by atoms with Crippen molar-refractivity contribution in [3.63, 3.8) is 0 Å². The standard InChI is InChI=1S/C16H19NO4/c1-2-11-21-14-9-4-3-7-12(14)15(18)17-10-6-5-8-13(17)16(19)20/h2-4,7,9,13H,1,5-6,8,10-11H2,(H,19,20). The second kappa shape index (κ2) is 6.92. The van der Waals surface area contributed by atoms with Gasteiger partial charge in [-0.15, -0.1) is 0 Å². The molecule has 0 saturated carbocycles. The molecular formula is C16H19NO4. The molecule has 1 heterocycles. The fraction of sp³-hybridized carbons (Fsp3) is 0.375. The molecule has 1 aliphatic heterocycles. The van der Waals surface area contributed by atoms with E-state index in [4.69, 9.17) is 4.74 Å². The van der Waals surface area contributed by atoms with Crippen LogP contribution in [-0.4, -0.2) is 41.1 Å². The Kier molecular flexibility index (Phi) is 4.98. The number of carboxylic acids is 1. The summed E-state index contributed by atoms with van der Waals surface area (Å²) >= 11 is 0. The van der Waals surface area contributed by atoms with Crippen molar-refractivity contribution in [1.82, 2.24) is 4.90 Å². The molecule has 1 amide bonds. The zero-order valence-electron chi connectivity index (χ0n) is 11.8. The van der Waals surface area contributed by atoms with Crippen LogP contribution in [0.2, 0.25) is 0 Å². The third-order valence-corrected chi connectivity index (χ3v) is 3.52. The maximum Gasteiger partial charge on any atom is 0.326 e. The van der Waals surface area contributed by atoms with E-state index in [1.54, 1.807) is 30.3 Å². The van der Waals surface area contributed by atoms with Crippen molar-refractivity contribution < 1.29 is 19.4 Å². The summed E-state index contributed by atoms with van der Waals surface area (Å²) in [5, 5.41) is 9.28. The van der Waals surface area contributed by atoms with Crippen LogP contribution in [0.1, 0.15) is 29.6 Å². The van der Waals surface area contributed by atoms with Gasteiger partial charge in [-0.3, -0.25) is 4.79 Å². The van der Waals surface area contributed by atoms with Crippen LogP contribution in [0.15, 0.2) is 36.9 Å². The zero-order chi connectivity index (χ0) is 15.2. The van der Waals surface area contributed by atoms with Gasteiger partial charge >= 0.3 is 5.97 Å². The Balaban J connectivity index is 2.25. The van der Waals surface area contributed by atoms with Crippen LogP contribution in [-0.2, 0) is 4.79 Å². The molecule has 5 heteroatoms. The van der Waals surface area contributed by atoms with Gasteiger partial charge in [0.25, 0.3) is 5.91 Å². The van der Waals surface area contributed by atoms with Crippen molar-refractivity contribution in [2.75, 3.05) is 13.2 Å². The SMILES string of the molecule is C=CCOc1ccccc1C(=O)N1CCCCC1C(=O)O. The minimum Gasteiger partial charge on any atom is -0.489 e. The van der Waals surface area contributed by atoms with Crippen LogP contribution in [0.3, 0.4) is 0 Å². The molecule has 0 spiro atoms. The van der Waals surface area contributed by atoms with E-state index in [9.17, 15) is 14.7 Å². The molecule has 1 aromatic carbocycles. The van der Waals surface area contributed by atoms with Crippen molar-refractivity contribution in [3.05, 3.63) is 42.5 Å². The Morgan fingerprint density at radius 3 is 2.86 bits per heavy atom. The first kappa shape index (κ1) is 15.1. The first-order chi connectivity index (χ1) is 10.1. The molecule has 0 bridgehead atoms. The quantitative estimate of drug-likeness (QED) is 0.845. The van der Waals surface area contributed by atoms with E-state index in [1.807, 2.05) is 0 Å². The van der Waals surface area contributed by atoms with Crippen molar-refractivity contribution >= 4 is 11.9 Å². The van der Waals surface area contributed by atoms with E-state index in [1.165, 1.54) is 4.90 Å². The Morgan fingerprint density at radius 1 is 1.38 bits per heavy atom. The molecule has 1 unspecified atom stereocenters. The molecule has 1 aliphatic rings. The van der Waals surface area contributed by atoms with Crippen LogP contribution >= 0.6 is 0 Å². The number of benzene rings is 1. The lowest BCUT2D eigenvalue weighted by Crippen LogP contribution is -2.48. The topological polar surface area (TPSA) is 66.8 Å². The normalized spacial score (nSPS) is 18.1. The third kappa shape index (κ3) is 3.42. The molecule has 1 N–H and O–H groups in total. The minimum absolute atomic E-state index is 0.290. The number of para-hydroxylation sites is 1. The number of carbonyl (C=O) groups is 2. The van der Waals surface area contributed by atoms with Crippen LogP contribution < -0.4 is 4.74 Å². The summed E-state index contributed by atoms with van der Waals surface area (Å²) in [5.41, 5.74) is 0.396. The number of aliphatic carboxylic acids is 1. The number of amides is 1. The maximum atomic E-state index is 12.7. The summed E-state index contributed by atoms with van der Waals surface area (Å²) in [7, 11) is 0. The van der Waals surface area contributed by atoms with Gasteiger partial charge in [0.15, 0.2) is 0 Å². The lowest BCUT2D eigenvalue weighted by Gasteiger charge is -2.33. The summed E-state index contributed by atoms with van der Waals surface area (Å²) in [6.07, 6.45) is 3.75. The average molecular weight is 289 g/mol. The number of nitrogens with zero attached hydrogens (tertiary/aromatic N) is 1.